The summed E-state index contributed by atoms with van der Waals surface area (Å²) in [6.07, 6.45) is 7.03. The Balaban J connectivity index is 4.31. The molecule has 0 heterocycles. The van der Waals surface area contributed by atoms with Crippen molar-refractivity contribution < 1.29 is 24.8 Å². The first kappa shape index (κ1) is 17.0. The van der Waals surface area contributed by atoms with Gasteiger partial charge in [-0.15, -0.1) is 0 Å². The maximum Gasteiger partial charge on any atom is 0.161 e. The highest BCUT2D eigenvalue weighted by Gasteiger charge is 2.18. The Morgan fingerprint density at radius 2 is 2.11 bits per heavy atom. The van der Waals surface area contributed by atoms with Crippen LogP contribution in [0.5, 0.6) is 0 Å². The number of aldehydes is 1. The van der Waals surface area contributed by atoms with Crippen LogP contribution in [0.2, 0.25) is 0 Å². The molecule has 104 valence electrons. The van der Waals surface area contributed by atoms with Gasteiger partial charge in [0.05, 0.1) is 6.61 Å². The predicted octanol–water partition coefficient (Wildman–Crippen LogP) is 1.93. The maximum atomic E-state index is 10.9. The number of carbonyl (C=O) groups is 1. The van der Waals surface area contributed by atoms with E-state index in [4.69, 9.17) is 9.99 Å². The summed E-state index contributed by atoms with van der Waals surface area (Å²) in [6, 6.07) is 0. The molecular weight excluding hydrogens is 236 g/mol. The maximum absolute atomic E-state index is 10.9. The van der Waals surface area contributed by atoms with Crippen molar-refractivity contribution in [2.45, 2.75) is 33.0 Å². The average Bonchev–Trinajstić information content (AvgIpc) is 2.38. The zero-order valence-electron chi connectivity index (χ0n) is 10.9. The van der Waals surface area contributed by atoms with Gasteiger partial charge >= 0.3 is 0 Å². The van der Waals surface area contributed by atoms with Crippen LogP contribution in [0.1, 0.15) is 26.7 Å². The molecule has 0 aliphatic carbocycles. The molecule has 0 saturated carbocycles. The first-order valence-corrected chi connectivity index (χ1v) is 6.05. The molecule has 5 heteroatoms. The van der Waals surface area contributed by atoms with E-state index >= 15 is 0 Å². The third-order valence-corrected chi connectivity index (χ3v) is 2.43. The number of carbonyl (C=O) groups excluding carboxylic acids is 1. The molecular formula is C13H22O5. The first-order valence-electron chi connectivity index (χ1n) is 6.05. The molecule has 0 amide bonds. The minimum Gasteiger partial charge on any atom is -0.367 e. The Kier molecular flexibility index (Phi) is 10.5. The van der Waals surface area contributed by atoms with Crippen LogP contribution in [0.25, 0.3) is 0 Å². The van der Waals surface area contributed by atoms with Crippen LogP contribution in [0.4, 0.5) is 0 Å². The fourth-order valence-corrected chi connectivity index (χ4v) is 1.26. The summed E-state index contributed by atoms with van der Waals surface area (Å²) in [7, 11) is 0. The molecule has 18 heavy (non-hydrogen) atoms. The zero-order valence-corrected chi connectivity index (χ0v) is 10.9. The van der Waals surface area contributed by atoms with Gasteiger partial charge in [0, 0.05) is 5.92 Å². The van der Waals surface area contributed by atoms with E-state index in [1.165, 1.54) is 0 Å². The average molecular weight is 258 g/mol. The van der Waals surface area contributed by atoms with Gasteiger partial charge in [-0.1, -0.05) is 38.5 Å². The smallest absolute Gasteiger partial charge is 0.161 e. The van der Waals surface area contributed by atoms with Crippen molar-refractivity contribution in [2.24, 2.45) is 5.92 Å². The predicted molar refractivity (Wildman–Crippen MR) is 67.9 cm³/mol. The molecule has 0 bridgehead atoms. The molecule has 2 N–H and O–H groups in total. The monoisotopic (exact) mass is 258 g/mol. The second-order valence-electron chi connectivity index (χ2n) is 3.88. The Bertz CT molecular complexity index is 273. The van der Waals surface area contributed by atoms with Crippen molar-refractivity contribution in [1.29, 1.82) is 0 Å². The Morgan fingerprint density at radius 1 is 1.39 bits per heavy atom. The van der Waals surface area contributed by atoms with Crippen LogP contribution in [0.15, 0.2) is 23.8 Å². The second kappa shape index (κ2) is 11.1. The lowest BCUT2D eigenvalue weighted by Gasteiger charge is -2.18. The molecule has 0 aromatic heterocycles. The van der Waals surface area contributed by atoms with Crippen LogP contribution in [0.3, 0.4) is 0 Å². The van der Waals surface area contributed by atoms with Gasteiger partial charge in [-0.2, -0.15) is 0 Å². The second-order valence-corrected chi connectivity index (χ2v) is 3.88. The fourth-order valence-electron chi connectivity index (χ4n) is 1.26. The van der Waals surface area contributed by atoms with Gasteiger partial charge in [0.2, 0.25) is 0 Å². The van der Waals surface area contributed by atoms with E-state index in [1.54, 1.807) is 19.1 Å². The van der Waals surface area contributed by atoms with Crippen molar-refractivity contribution >= 4 is 6.29 Å². The van der Waals surface area contributed by atoms with Gasteiger partial charge in [0.25, 0.3) is 0 Å². The van der Waals surface area contributed by atoms with E-state index in [0.717, 1.165) is 12.8 Å². The van der Waals surface area contributed by atoms with Crippen LogP contribution in [-0.4, -0.2) is 36.2 Å². The highest BCUT2D eigenvalue weighted by Crippen LogP contribution is 2.14. The van der Waals surface area contributed by atoms with Crippen LogP contribution in [-0.2, 0) is 14.4 Å². The summed E-state index contributed by atoms with van der Waals surface area (Å²) in [4.78, 5) is 14.7. The third-order valence-electron chi connectivity index (χ3n) is 2.43. The molecule has 0 radical (unpaired) electrons. The summed E-state index contributed by atoms with van der Waals surface area (Å²) < 4.78 is 5.00. The van der Waals surface area contributed by atoms with Gasteiger partial charge < -0.3 is 9.84 Å². The van der Waals surface area contributed by atoms with E-state index in [0.29, 0.717) is 11.9 Å². The van der Waals surface area contributed by atoms with Gasteiger partial charge in [-0.25, -0.2) is 4.89 Å². The lowest BCUT2D eigenvalue weighted by Crippen LogP contribution is -2.25. The van der Waals surface area contributed by atoms with Gasteiger partial charge in [-0.3, -0.25) is 10.1 Å². The lowest BCUT2D eigenvalue weighted by atomic mass is 10.0. The van der Waals surface area contributed by atoms with Gasteiger partial charge in [0.15, 0.2) is 6.29 Å². The molecule has 0 fully saturated rings. The summed E-state index contributed by atoms with van der Waals surface area (Å²) in [5.74, 6) is -0.438. The zero-order chi connectivity index (χ0) is 13.8. The van der Waals surface area contributed by atoms with E-state index in [2.05, 4.69) is 11.8 Å². The molecule has 0 saturated heterocycles. The molecule has 0 spiro atoms. The fraction of sp³-hybridized carbons (Fsp3) is 0.615. The number of ether oxygens (including phenoxy) is 1. The summed E-state index contributed by atoms with van der Waals surface area (Å²) in [6.45, 7) is 3.79. The normalized spacial score (nSPS) is 15.9. The number of unbranched alkanes of at least 4 members (excludes halogenated alkanes) is 1. The Hall–Kier alpha value is -1.01. The third kappa shape index (κ3) is 7.34. The van der Waals surface area contributed by atoms with Crippen LogP contribution < -0.4 is 0 Å². The molecule has 0 aliphatic heterocycles. The van der Waals surface area contributed by atoms with Crippen molar-refractivity contribution in [2.75, 3.05) is 13.2 Å². The van der Waals surface area contributed by atoms with Gasteiger partial charge in [-0.05, 0) is 12.0 Å². The molecule has 0 rings (SSSR count). The number of hydrogen-bond acceptors (Lipinski definition) is 5. The van der Waals surface area contributed by atoms with Crippen LogP contribution >= 0.6 is 0 Å². The number of aliphatic hydroxyl groups excluding tert-OH is 1. The first-order chi connectivity index (χ1) is 8.67. The molecule has 0 aromatic rings. The SMILES string of the molecule is CCC/C=C/C=C(\C=O)C(C)C(O)OCCOO. The van der Waals surface area contributed by atoms with Gasteiger partial charge in [0.1, 0.15) is 12.9 Å². The number of hydrogen-bond donors (Lipinski definition) is 2. The quantitative estimate of drug-likeness (QED) is 0.119. The van der Waals surface area contributed by atoms with Crippen molar-refractivity contribution in [3.05, 3.63) is 23.8 Å². The topological polar surface area (TPSA) is 76.0 Å². The van der Waals surface area contributed by atoms with Crippen LogP contribution in [0, 0.1) is 5.92 Å². The highest BCUT2D eigenvalue weighted by atomic mass is 17.1. The minimum absolute atomic E-state index is 0.0275. The minimum atomic E-state index is -1.10. The lowest BCUT2D eigenvalue weighted by molar-refractivity contribution is -0.258. The number of allylic oxidation sites excluding steroid dienone is 3. The Morgan fingerprint density at radius 3 is 2.67 bits per heavy atom. The molecule has 2 atom stereocenters. The largest absolute Gasteiger partial charge is 0.367 e. The van der Waals surface area contributed by atoms with Crippen molar-refractivity contribution in [3.63, 3.8) is 0 Å². The molecule has 2 unspecified atom stereocenters. The molecule has 0 aliphatic rings. The van der Waals surface area contributed by atoms with Crippen molar-refractivity contribution in [1.82, 2.24) is 0 Å². The highest BCUT2D eigenvalue weighted by molar-refractivity contribution is 5.74. The van der Waals surface area contributed by atoms with Crippen molar-refractivity contribution in [3.8, 4) is 0 Å². The number of rotatable bonds is 10. The standard InChI is InChI=1S/C13H22O5/c1-3-4-5-6-7-12(10-14)11(2)13(15)17-8-9-18-16/h5-7,10-11,13,15-16H,3-4,8-9H2,1-2H3/b6-5+,12-7+. The summed E-state index contributed by atoms with van der Waals surface area (Å²) in [5.41, 5.74) is 0.458. The summed E-state index contributed by atoms with van der Waals surface area (Å²) >= 11 is 0. The molecule has 0 aromatic carbocycles. The number of aliphatic hydroxyl groups is 1. The Labute approximate surface area is 108 Å². The van der Waals surface area contributed by atoms with E-state index in [9.17, 15) is 9.90 Å². The van der Waals surface area contributed by atoms with E-state index in [-0.39, 0.29) is 13.2 Å². The summed E-state index contributed by atoms with van der Waals surface area (Å²) in [5, 5.41) is 17.8. The van der Waals surface area contributed by atoms with E-state index < -0.39 is 12.2 Å². The van der Waals surface area contributed by atoms with E-state index in [1.807, 2.05) is 6.08 Å². The molecule has 5 nitrogen and oxygen atoms in total.